The topological polar surface area (TPSA) is 49.4 Å². The third-order valence-corrected chi connectivity index (χ3v) is 5.27. The van der Waals surface area contributed by atoms with E-state index in [4.69, 9.17) is 11.6 Å². The highest BCUT2D eigenvalue weighted by atomic mass is 35.5. The standard InChI is InChI=1S/C18H23ClN2O2/c1-11-7-12(2)17(15(19)8-11)20-18(23)13-9-16(22)21(10-13)14-5-3-4-6-14/h7-8,13-14H,3-6,9-10H2,1-2H3,(H,20,23). The second kappa shape index (κ2) is 6.52. The molecule has 1 saturated carbocycles. The van der Waals surface area contributed by atoms with Crippen molar-refractivity contribution >= 4 is 29.1 Å². The molecule has 2 amide bonds. The average Bonchev–Trinajstić information content (AvgIpc) is 3.11. The Hall–Kier alpha value is -1.55. The van der Waals surface area contributed by atoms with Crippen molar-refractivity contribution in [3.8, 4) is 0 Å². The van der Waals surface area contributed by atoms with Crippen LogP contribution in [0.1, 0.15) is 43.2 Å². The van der Waals surface area contributed by atoms with Crippen molar-refractivity contribution in [1.29, 1.82) is 0 Å². The quantitative estimate of drug-likeness (QED) is 0.916. The van der Waals surface area contributed by atoms with Crippen molar-refractivity contribution in [1.82, 2.24) is 4.90 Å². The largest absolute Gasteiger partial charge is 0.339 e. The van der Waals surface area contributed by atoms with Crippen molar-refractivity contribution in [3.05, 3.63) is 28.3 Å². The Bertz CT molecular complexity index is 615. The summed E-state index contributed by atoms with van der Waals surface area (Å²) in [7, 11) is 0. The van der Waals surface area contributed by atoms with Crippen molar-refractivity contribution in [3.63, 3.8) is 0 Å². The molecule has 1 heterocycles. The molecule has 1 unspecified atom stereocenters. The molecular formula is C18H23ClN2O2. The molecule has 1 aliphatic heterocycles. The number of hydrogen-bond donors (Lipinski definition) is 1. The summed E-state index contributed by atoms with van der Waals surface area (Å²) < 4.78 is 0. The van der Waals surface area contributed by atoms with Crippen LogP contribution < -0.4 is 5.32 Å². The SMILES string of the molecule is Cc1cc(C)c(NC(=O)C2CC(=O)N(C3CCCC3)C2)c(Cl)c1. The predicted molar refractivity (Wildman–Crippen MR) is 91.6 cm³/mol. The van der Waals surface area contributed by atoms with Crippen LogP contribution in [0.2, 0.25) is 5.02 Å². The molecule has 23 heavy (non-hydrogen) atoms. The Morgan fingerprint density at radius 1 is 1.26 bits per heavy atom. The van der Waals surface area contributed by atoms with Crippen molar-refractivity contribution in [2.45, 2.75) is 52.0 Å². The second-order valence-corrected chi connectivity index (χ2v) is 7.22. The Morgan fingerprint density at radius 2 is 1.96 bits per heavy atom. The van der Waals surface area contributed by atoms with Gasteiger partial charge in [0.05, 0.1) is 16.6 Å². The number of amides is 2. The summed E-state index contributed by atoms with van der Waals surface area (Å²) in [5, 5.41) is 3.48. The minimum Gasteiger partial charge on any atom is -0.339 e. The van der Waals surface area contributed by atoms with Crippen molar-refractivity contribution < 1.29 is 9.59 Å². The van der Waals surface area contributed by atoms with Gasteiger partial charge in [-0.1, -0.05) is 30.5 Å². The summed E-state index contributed by atoms with van der Waals surface area (Å²) in [5.41, 5.74) is 2.67. The number of halogens is 1. The zero-order valence-electron chi connectivity index (χ0n) is 13.7. The number of benzene rings is 1. The first-order chi connectivity index (χ1) is 11.0. The molecule has 1 atom stereocenters. The number of rotatable bonds is 3. The van der Waals surface area contributed by atoms with Crippen LogP contribution in [0.4, 0.5) is 5.69 Å². The van der Waals surface area contributed by atoms with Crippen LogP contribution in [0.15, 0.2) is 12.1 Å². The van der Waals surface area contributed by atoms with Gasteiger partial charge in [0, 0.05) is 19.0 Å². The Morgan fingerprint density at radius 3 is 2.61 bits per heavy atom. The molecular weight excluding hydrogens is 312 g/mol. The van der Waals surface area contributed by atoms with Gasteiger partial charge in [-0.25, -0.2) is 0 Å². The van der Waals surface area contributed by atoms with E-state index in [1.165, 1.54) is 12.8 Å². The average molecular weight is 335 g/mol. The minimum absolute atomic E-state index is 0.104. The van der Waals surface area contributed by atoms with E-state index in [-0.39, 0.29) is 17.7 Å². The molecule has 1 N–H and O–H groups in total. The van der Waals surface area contributed by atoms with Gasteiger partial charge in [-0.15, -0.1) is 0 Å². The van der Waals surface area contributed by atoms with Gasteiger partial charge in [0.15, 0.2) is 0 Å². The summed E-state index contributed by atoms with van der Waals surface area (Å²) in [4.78, 5) is 26.7. The van der Waals surface area contributed by atoms with E-state index >= 15 is 0 Å². The smallest absolute Gasteiger partial charge is 0.229 e. The molecule has 2 aliphatic rings. The van der Waals surface area contributed by atoms with Crippen LogP contribution in [-0.4, -0.2) is 29.3 Å². The van der Waals surface area contributed by atoms with Gasteiger partial charge in [0.2, 0.25) is 11.8 Å². The van der Waals surface area contributed by atoms with Gasteiger partial charge in [0.25, 0.3) is 0 Å². The van der Waals surface area contributed by atoms with E-state index in [0.29, 0.717) is 29.7 Å². The lowest BCUT2D eigenvalue weighted by atomic mass is 10.1. The third kappa shape index (κ3) is 3.37. The lowest BCUT2D eigenvalue weighted by Crippen LogP contribution is -2.35. The molecule has 1 aromatic carbocycles. The summed E-state index contributed by atoms with van der Waals surface area (Å²) in [6, 6.07) is 4.17. The van der Waals surface area contributed by atoms with Gasteiger partial charge in [-0.3, -0.25) is 9.59 Å². The fourth-order valence-electron chi connectivity index (χ4n) is 3.78. The van der Waals surface area contributed by atoms with E-state index in [2.05, 4.69) is 5.32 Å². The first kappa shape index (κ1) is 16.3. The number of likely N-dealkylation sites (tertiary alicyclic amines) is 1. The molecule has 0 bridgehead atoms. The summed E-state index contributed by atoms with van der Waals surface area (Å²) in [6.07, 6.45) is 4.82. The summed E-state index contributed by atoms with van der Waals surface area (Å²) in [6.45, 7) is 4.44. The Kier molecular flexibility index (Phi) is 4.62. The Labute approximate surface area is 142 Å². The fraction of sp³-hybridized carbons (Fsp3) is 0.556. The molecule has 0 radical (unpaired) electrons. The van der Waals surface area contributed by atoms with E-state index in [9.17, 15) is 9.59 Å². The molecule has 3 rings (SSSR count). The van der Waals surface area contributed by atoms with Crippen LogP contribution >= 0.6 is 11.6 Å². The van der Waals surface area contributed by atoms with Gasteiger partial charge in [-0.2, -0.15) is 0 Å². The number of carbonyl (C=O) groups is 2. The van der Waals surface area contributed by atoms with Crippen molar-refractivity contribution in [2.75, 3.05) is 11.9 Å². The number of nitrogens with zero attached hydrogens (tertiary/aromatic N) is 1. The maximum Gasteiger partial charge on any atom is 0.229 e. The number of carbonyl (C=O) groups excluding carboxylic acids is 2. The lowest BCUT2D eigenvalue weighted by Gasteiger charge is -2.24. The molecule has 0 aromatic heterocycles. The first-order valence-corrected chi connectivity index (χ1v) is 8.70. The highest BCUT2D eigenvalue weighted by Crippen LogP contribution is 2.32. The van der Waals surface area contributed by atoms with Crippen LogP contribution in [0, 0.1) is 19.8 Å². The van der Waals surface area contributed by atoms with E-state index in [1.807, 2.05) is 30.9 Å². The summed E-state index contributed by atoms with van der Waals surface area (Å²) >= 11 is 6.25. The normalized spacial score (nSPS) is 22.0. The van der Waals surface area contributed by atoms with Crippen molar-refractivity contribution in [2.24, 2.45) is 5.92 Å². The van der Waals surface area contributed by atoms with Gasteiger partial charge in [0.1, 0.15) is 0 Å². The van der Waals surface area contributed by atoms with Crippen LogP contribution in [0.25, 0.3) is 0 Å². The molecule has 1 aromatic rings. The van der Waals surface area contributed by atoms with Gasteiger partial charge in [-0.05, 0) is 43.9 Å². The highest BCUT2D eigenvalue weighted by molar-refractivity contribution is 6.34. The number of nitrogens with one attached hydrogen (secondary N) is 1. The zero-order valence-corrected chi connectivity index (χ0v) is 14.4. The van der Waals surface area contributed by atoms with E-state index < -0.39 is 0 Å². The summed E-state index contributed by atoms with van der Waals surface area (Å²) in [5.74, 6) is -0.267. The maximum atomic E-state index is 12.6. The van der Waals surface area contributed by atoms with E-state index in [1.54, 1.807) is 0 Å². The van der Waals surface area contributed by atoms with Crippen LogP contribution in [0.3, 0.4) is 0 Å². The molecule has 1 aliphatic carbocycles. The second-order valence-electron chi connectivity index (χ2n) is 6.81. The lowest BCUT2D eigenvalue weighted by molar-refractivity contribution is -0.129. The van der Waals surface area contributed by atoms with Crippen LogP contribution in [0.5, 0.6) is 0 Å². The minimum atomic E-state index is -0.278. The van der Waals surface area contributed by atoms with Gasteiger partial charge >= 0.3 is 0 Å². The zero-order chi connectivity index (χ0) is 16.6. The molecule has 2 fully saturated rings. The fourth-order valence-corrected chi connectivity index (χ4v) is 4.14. The van der Waals surface area contributed by atoms with Crippen LogP contribution in [-0.2, 0) is 9.59 Å². The number of hydrogen-bond acceptors (Lipinski definition) is 2. The molecule has 124 valence electrons. The maximum absolute atomic E-state index is 12.6. The monoisotopic (exact) mass is 334 g/mol. The Balaban J connectivity index is 1.69. The van der Waals surface area contributed by atoms with Gasteiger partial charge < -0.3 is 10.2 Å². The number of anilines is 1. The first-order valence-electron chi connectivity index (χ1n) is 8.33. The molecule has 5 heteroatoms. The third-order valence-electron chi connectivity index (χ3n) is 4.97. The predicted octanol–water partition coefficient (Wildman–Crippen LogP) is 3.69. The highest BCUT2D eigenvalue weighted by Gasteiger charge is 2.38. The molecule has 4 nitrogen and oxygen atoms in total. The molecule has 0 spiro atoms. The number of aryl methyl sites for hydroxylation is 2. The van der Waals surface area contributed by atoms with E-state index in [0.717, 1.165) is 24.0 Å². The molecule has 1 saturated heterocycles.